The maximum Gasteiger partial charge on any atom is 0.170 e. The van der Waals surface area contributed by atoms with E-state index in [-0.39, 0.29) is 0 Å². The first-order valence-electron chi connectivity index (χ1n) is 7.27. The topological polar surface area (TPSA) is 42.5 Å². The number of nitrogens with one attached hydrogen (secondary N) is 2. The first-order valence-corrected chi connectivity index (χ1v) is 9.05. The van der Waals surface area contributed by atoms with E-state index in [1.54, 1.807) is 26.0 Å². The SMILES string of the molecule is COc1ccc(NC(=S)NCCSc2ccc(Cl)cc2)cc1OC. The molecule has 2 aromatic carbocycles. The van der Waals surface area contributed by atoms with Crippen molar-refractivity contribution < 1.29 is 9.47 Å². The molecule has 2 aromatic rings. The van der Waals surface area contributed by atoms with Crippen molar-refractivity contribution in [3.8, 4) is 11.5 Å². The second-order valence-corrected chi connectivity index (χ2v) is 6.77. The average Bonchev–Trinajstić information content (AvgIpc) is 2.60. The third kappa shape index (κ3) is 5.78. The van der Waals surface area contributed by atoms with E-state index in [9.17, 15) is 0 Å². The van der Waals surface area contributed by atoms with Gasteiger partial charge < -0.3 is 20.1 Å². The molecule has 0 atom stereocenters. The minimum absolute atomic E-state index is 0.568. The molecule has 0 saturated heterocycles. The summed E-state index contributed by atoms with van der Waals surface area (Å²) >= 11 is 12.9. The summed E-state index contributed by atoms with van der Waals surface area (Å²) in [6, 6.07) is 13.4. The average molecular weight is 383 g/mol. The largest absolute Gasteiger partial charge is 0.493 e. The van der Waals surface area contributed by atoms with Gasteiger partial charge >= 0.3 is 0 Å². The minimum Gasteiger partial charge on any atom is -0.493 e. The molecule has 7 heteroatoms. The molecule has 0 aliphatic heterocycles. The fourth-order valence-corrected chi connectivity index (χ4v) is 3.07. The van der Waals surface area contributed by atoms with Gasteiger partial charge in [-0.25, -0.2) is 0 Å². The Bertz CT molecular complexity index is 681. The number of rotatable bonds is 7. The zero-order chi connectivity index (χ0) is 17.4. The van der Waals surface area contributed by atoms with Gasteiger partial charge in [0, 0.05) is 34.0 Å². The van der Waals surface area contributed by atoms with Crippen molar-refractivity contribution in [3.05, 3.63) is 47.5 Å². The van der Waals surface area contributed by atoms with Crippen LogP contribution in [0.1, 0.15) is 0 Å². The summed E-state index contributed by atoms with van der Waals surface area (Å²) in [6.07, 6.45) is 0. The highest BCUT2D eigenvalue weighted by Gasteiger charge is 2.05. The van der Waals surface area contributed by atoms with Crippen LogP contribution in [0.2, 0.25) is 5.02 Å². The Labute approximate surface area is 156 Å². The molecular weight excluding hydrogens is 364 g/mol. The number of thioether (sulfide) groups is 1. The predicted molar refractivity (Wildman–Crippen MR) is 106 cm³/mol. The summed E-state index contributed by atoms with van der Waals surface area (Å²) in [6.45, 7) is 0.756. The molecule has 0 aliphatic carbocycles. The first kappa shape index (κ1) is 18.7. The molecule has 24 heavy (non-hydrogen) atoms. The van der Waals surface area contributed by atoms with Crippen molar-refractivity contribution in [2.75, 3.05) is 31.8 Å². The zero-order valence-electron chi connectivity index (χ0n) is 13.5. The normalized spacial score (nSPS) is 10.1. The third-order valence-corrected chi connectivity index (χ3v) is 4.62. The fraction of sp³-hybridized carbons (Fsp3) is 0.235. The number of halogens is 1. The molecule has 0 saturated carbocycles. The van der Waals surface area contributed by atoms with Gasteiger partial charge in [0.15, 0.2) is 16.6 Å². The third-order valence-electron chi connectivity index (χ3n) is 3.11. The van der Waals surface area contributed by atoms with Gasteiger partial charge in [-0.3, -0.25) is 0 Å². The van der Waals surface area contributed by atoms with Crippen LogP contribution in [-0.2, 0) is 0 Å². The summed E-state index contributed by atoms with van der Waals surface area (Å²) < 4.78 is 10.5. The summed E-state index contributed by atoms with van der Waals surface area (Å²) in [5.74, 6) is 2.24. The second kappa shape index (κ2) is 9.61. The smallest absolute Gasteiger partial charge is 0.170 e. The highest BCUT2D eigenvalue weighted by Crippen LogP contribution is 2.29. The van der Waals surface area contributed by atoms with Gasteiger partial charge in [0.1, 0.15) is 0 Å². The van der Waals surface area contributed by atoms with Crippen LogP contribution in [0.4, 0.5) is 5.69 Å². The minimum atomic E-state index is 0.568. The standard InChI is InChI=1S/C17H19ClN2O2S2/c1-21-15-8-5-13(11-16(15)22-2)20-17(23)19-9-10-24-14-6-3-12(18)4-7-14/h3-8,11H,9-10H2,1-2H3,(H2,19,20,23). The van der Waals surface area contributed by atoms with Crippen LogP contribution in [-0.4, -0.2) is 31.6 Å². The molecule has 0 amide bonds. The molecule has 0 radical (unpaired) electrons. The number of methoxy groups -OCH3 is 2. The predicted octanol–water partition coefficient (Wildman–Crippen LogP) is 4.44. The van der Waals surface area contributed by atoms with Crippen molar-refractivity contribution in [1.29, 1.82) is 0 Å². The van der Waals surface area contributed by atoms with Gasteiger partial charge in [-0.2, -0.15) is 0 Å². The molecule has 4 nitrogen and oxygen atoms in total. The van der Waals surface area contributed by atoms with E-state index in [4.69, 9.17) is 33.3 Å². The van der Waals surface area contributed by atoms with Gasteiger partial charge in [0.25, 0.3) is 0 Å². The Morgan fingerprint density at radius 2 is 1.79 bits per heavy atom. The molecule has 0 spiro atoms. The maximum absolute atomic E-state index is 5.87. The van der Waals surface area contributed by atoms with E-state index in [2.05, 4.69) is 10.6 Å². The van der Waals surface area contributed by atoms with E-state index in [0.717, 1.165) is 23.0 Å². The molecule has 0 unspecified atom stereocenters. The lowest BCUT2D eigenvalue weighted by Crippen LogP contribution is -2.30. The maximum atomic E-state index is 5.87. The number of anilines is 1. The van der Waals surface area contributed by atoms with Crippen LogP contribution in [0.5, 0.6) is 11.5 Å². The summed E-state index contributed by atoms with van der Waals surface area (Å²) in [4.78, 5) is 1.18. The van der Waals surface area contributed by atoms with Crippen molar-refractivity contribution >= 4 is 46.4 Å². The lowest BCUT2D eigenvalue weighted by atomic mass is 10.3. The van der Waals surface area contributed by atoms with Crippen LogP contribution >= 0.6 is 35.6 Å². The van der Waals surface area contributed by atoms with Gasteiger partial charge in [-0.1, -0.05) is 11.6 Å². The molecule has 0 aliphatic rings. The first-order chi connectivity index (χ1) is 11.6. The molecule has 2 N–H and O–H groups in total. The summed E-state index contributed by atoms with van der Waals surface area (Å²) in [5.41, 5.74) is 0.843. The van der Waals surface area contributed by atoms with Gasteiger partial charge in [0.05, 0.1) is 14.2 Å². The number of benzene rings is 2. The zero-order valence-corrected chi connectivity index (χ0v) is 15.9. The van der Waals surface area contributed by atoms with Crippen molar-refractivity contribution in [1.82, 2.24) is 5.32 Å². The molecular formula is C17H19ClN2O2S2. The summed E-state index contributed by atoms with van der Waals surface area (Å²) in [5, 5.41) is 7.63. The molecule has 128 valence electrons. The van der Waals surface area contributed by atoms with Crippen LogP contribution in [0.3, 0.4) is 0 Å². The van der Waals surface area contributed by atoms with Gasteiger partial charge in [-0.05, 0) is 48.6 Å². The van der Waals surface area contributed by atoms with Crippen molar-refractivity contribution in [2.24, 2.45) is 0 Å². The Balaban J connectivity index is 1.76. The van der Waals surface area contributed by atoms with E-state index < -0.39 is 0 Å². The fourth-order valence-electron chi connectivity index (χ4n) is 1.95. The van der Waals surface area contributed by atoms with E-state index >= 15 is 0 Å². The summed E-state index contributed by atoms with van der Waals surface area (Å²) in [7, 11) is 3.21. The lowest BCUT2D eigenvalue weighted by molar-refractivity contribution is 0.355. The van der Waals surface area contributed by atoms with Crippen LogP contribution in [0.15, 0.2) is 47.4 Å². The quantitative estimate of drug-likeness (QED) is 0.419. The van der Waals surface area contributed by atoms with Crippen LogP contribution in [0.25, 0.3) is 0 Å². The van der Waals surface area contributed by atoms with Crippen LogP contribution in [0, 0.1) is 0 Å². The number of ether oxygens (including phenoxy) is 2. The van der Waals surface area contributed by atoms with E-state index in [1.165, 1.54) is 4.90 Å². The monoisotopic (exact) mass is 382 g/mol. The molecule has 0 fully saturated rings. The number of hydrogen-bond acceptors (Lipinski definition) is 4. The van der Waals surface area contributed by atoms with Crippen molar-refractivity contribution in [2.45, 2.75) is 4.90 Å². The Morgan fingerprint density at radius 1 is 1.08 bits per heavy atom. The lowest BCUT2D eigenvalue weighted by Gasteiger charge is -2.13. The molecule has 2 rings (SSSR count). The Kier molecular flexibility index (Phi) is 7.49. The van der Waals surface area contributed by atoms with Crippen molar-refractivity contribution in [3.63, 3.8) is 0 Å². The van der Waals surface area contributed by atoms with E-state index in [0.29, 0.717) is 16.6 Å². The highest BCUT2D eigenvalue weighted by atomic mass is 35.5. The van der Waals surface area contributed by atoms with Crippen LogP contribution < -0.4 is 20.1 Å². The Hall–Kier alpha value is -1.63. The number of thiocarbonyl (C=S) groups is 1. The highest BCUT2D eigenvalue weighted by molar-refractivity contribution is 7.99. The molecule has 0 heterocycles. The second-order valence-electron chi connectivity index (χ2n) is 4.75. The van der Waals surface area contributed by atoms with Gasteiger partial charge in [-0.15, -0.1) is 11.8 Å². The molecule has 0 bridgehead atoms. The van der Waals surface area contributed by atoms with E-state index in [1.807, 2.05) is 42.5 Å². The van der Waals surface area contributed by atoms with Gasteiger partial charge in [0.2, 0.25) is 0 Å². The Morgan fingerprint density at radius 3 is 2.46 bits per heavy atom. The molecule has 0 aromatic heterocycles. The number of hydrogen-bond donors (Lipinski definition) is 2.